The van der Waals surface area contributed by atoms with Crippen LogP contribution in [0.15, 0.2) is 18.2 Å². The molecule has 148 valence electrons. The van der Waals surface area contributed by atoms with Gasteiger partial charge in [-0.05, 0) is 63.1 Å². The number of benzene rings is 1. The highest BCUT2D eigenvalue weighted by Gasteiger charge is 2.30. The van der Waals surface area contributed by atoms with Crippen LogP contribution in [-0.2, 0) is 9.59 Å². The van der Waals surface area contributed by atoms with Crippen LogP contribution in [0.3, 0.4) is 0 Å². The highest BCUT2D eigenvalue weighted by atomic mass is 16.5. The third kappa shape index (κ3) is 5.02. The molecular weight excluding hydrogens is 340 g/mol. The third-order valence-corrected chi connectivity index (χ3v) is 5.99. The largest absolute Gasteiger partial charge is 0.493 e. The molecule has 27 heavy (non-hydrogen) atoms. The summed E-state index contributed by atoms with van der Waals surface area (Å²) in [6, 6.07) is 5.98. The summed E-state index contributed by atoms with van der Waals surface area (Å²) >= 11 is 0. The maximum absolute atomic E-state index is 12.6. The standard InChI is InChI=1S/C22H32N2O3/c1-17-7-6-8-20(18(17)2)27-16-11-21(25)23-14-9-19(10-15-23)22(26)24-12-4-3-5-13-24/h6-8,19H,3-5,9-16H2,1-2H3. The van der Waals surface area contributed by atoms with Gasteiger partial charge in [-0.25, -0.2) is 0 Å². The highest BCUT2D eigenvalue weighted by molar-refractivity contribution is 5.80. The molecule has 0 N–H and O–H groups in total. The topological polar surface area (TPSA) is 49.9 Å². The third-order valence-electron chi connectivity index (χ3n) is 5.99. The van der Waals surface area contributed by atoms with Gasteiger partial charge in [-0.3, -0.25) is 9.59 Å². The molecule has 0 radical (unpaired) electrons. The van der Waals surface area contributed by atoms with Crippen LogP contribution in [0.4, 0.5) is 0 Å². The van der Waals surface area contributed by atoms with Crippen LogP contribution < -0.4 is 4.74 Å². The molecule has 0 spiro atoms. The zero-order chi connectivity index (χ0) is 19.2. The summed E-state index contributed by atoms with van der Waals surface area (Å²) in [5, 5.41) is 0. The van der Waals surface area contributed by atoms with Crippen molar-refractivity contribution in [1.82, 2.24) is 9.80 Å². The SMILES string of the molecule is Cc1cccc(OCCC(=O)N2CCC(C(=O)N3CCCCC3)CC2)c1C. The van der Waals surface area contributed by atoms with Gasteiger partial charge in [0.05, 0.1) is 13.0 Å². The Labute approximate surface area is 162 Å². The van der Waals surface area contributed by atoms with E-state index in [1.54, 1.807) is 0 Å². The Bertz CT molecular complexity index is 660. The van der Waals surface area contributed by atoms with Crippen LogP contribution in [0.2, 0.25) is 0 Å². The van der Waals surface area contributed by atoms with Crippen molar-refractivity contribution in [2.75, 3.05) is 32.8 Å². The van der Waals surface area contributed by atoms with Gasteiger partial charge in [0.15, 0.2) is 0 Å². The van der Waals surface area contributed by atoms with Crippen LogP contribution in [-0.4, -0.2) is 54.4 Å². The summed E-state index contributed by atoms with van der Waals surface area (Å²) < 4.78 is 5.81. The maximum Gasteiger partial charge on any atom is 0.225 e. The van der Waals surface area contributed by atoms with E-state index >= 15 is 0 Å². The van der Waals surface area contributed by atoms with Gasteiger partial charge in [0, 0.05) is 32.1 Å². The Hall–Kier alpha value is -2.04. The molecule has 0 saturated carbocycles. The molecule has 5 heteroatoms. The zero-order valence-corrected chi connectivity index (χ0v) is 16.7. The van der Waals surface area contributed by atoms with E-state index in [-0.39, 0.29) is 11.8 Å². The number of amides is 2. The molecule has 3 rings (SSSR count). The molecule has 5 nitrogen and oxygen atoms in total. The fraction of sp³-hybridized carbons (Fsp3) is 0.636. The number of carbonyl (C=O) groups is 2. The van der Waals surface area contributed by atoms with Gasteiger partial charge in [-0.2, -0.15) is 0 Å². The monoisotopic (exact) mass is 372 g/mol. The quantitative estimate of drug-likeness (QED) is 0.797. The van der Waals surface area contributed by atoms with Crippen molar-refractivity contribution < 1.29 is 14.3 Å². The van der Waals surface area contributed by atoms with Crippen molar-refractivity contribution in [1.29, 1.82) is 0 Å². The molecule has 2 fully saturated rings. The summed E-state index contributed by atoms with van der Waals surface area (Å²) in [6.07, 6.45) is 5.46. The zero-order valence-electron chi connectivity index (χ0n) is 16.7. The molecule has 2 amide bonds. The number of likely N-dealkylation sites (tertiary alicyclic amines) is 2. The average Bonchev–Trinajstić information content (AvgIpc) is 2.71. The number of aryl methyl sites for hydroxylation is 1. The van der Waals surface area contributed by atoms with Crippen molar-refractivity contribution in [3.8, 4) is 5.75 Å². The molecular formula is C22H32N2O3. The molecule has 2 heterocycles. The molecule has 2 saturated heterocycles. The minimum atomic E-state index is 0.0957. The Balaban J connectivity index is 1.40. The van der Waals surface area contributed by atoms with E-state index in [1.807, 2.05) is 28.9 Å². The van der Waals surface area contributed by atoms with E-state index in [2.05, 4.69) is 13.0 Å². The van der Waals surface area contributed by atoms with Crippen molar-refractivity contribution in [3.63, 3.8) is 0 Å². The van der Waals surface area contributed by atoms with E-state index in [0.717, 1.165) is 50.1 Å². The first kappa shape index (κ1) is 19.7. The predicted octanol–water partition coefficient (Wildman–Crippen LogP) is 3.32. The van der Waals surface area contributed by atoms with Crippen molar-refractivity contribution in [3.05, 3.63) is 29.3 Å². The van der Waals surface area contributed by atoms with E-state index in [0.29, 0.717) is 32.0 Å². The molecule has 2 aliphatic rings. The fourth-order valence-electron chi connectivity index (χ4n) is 4.04. The number of piperidine rings is 2. The summed E-state index contributed by atoms with van der Waals surface area (Å²) in [5.74, 6) is 1.39. The molecule has 0 bridgehead atoms. The highest BCUT2D eigenvalue weighted by Crippen LogP contribution is 2.23. The first-order valence-electron chi connectivity index (χ1n) is 10.3. The molecule has 0 unspecified atom stereocenters. The minimum absolute atomic E-state index is 0.0957. The van der Waals surface area contributed by atoms with Gasteiger partial charge in [0.1, 0.15) is 5.75 Å². The number of rotatable bonds is 5. The first-order valence-corrected chi connectivity index (χ1v) is 10.3. The lowest BCUT2D eigenvalue weighted by Crippen LogP contribution is -2.45. The van der Waals surface area contributed by atoms with Gasteiger partial charge >= 0.3 is 0 Å². The average molecular weight is 373 g/mol. The first-order chi connectivity index (χ1) is 13.1. The number of carbonyl (C=O) groups excluding carboxylic acids is 2. The fourth-order valence-corrected chi connectivity index (χ4v) is 4.04. The van der Waals surface area contributed by atoms with Crippen LogP contribution >= 0.6 is 0 Å². The lowest BCUT2D eigenvalue weighted by Gasteiger charge is -2.35. The van der Waals surface area contributed by atoms with E-state index in [9.17, 15) is 9.59 Å². The molecule has 0 aromatic heterocycles. The molecule has 1 aromatic carbocycles. The van der Waals surface area contributed by atoms with Gasteiger partial charge < -0.3 is 14.5 Å². The predicted molar refractivity (Wildman–Crippen MR) is 106 cm³/mol. The lowest BCUT2D eigenvalue weighted by atomic mass is 9.94. The summed E-state index contributed by atoms with van der Waals surface area (Å²) in [4.78, 5) is 29.0. The smallest absolute Gasteiger partial charge is 0.225 e. The lowest BCUT2D eigenvalue weighted by molar-refractivity contribution is -0.141. The number of hydrogen-bond acceptors (Lipinski definition) is 3. The number of nitrogens with zero attached hydrogens (tertiary/aromatic N) is 2. The molecule has 0 atom stereocenters. The second-order valence-corrected chi connectivity index (χ2v) is 7.84. The van der Waals surface area contributed by atoms with Crippen LogP contribution in [0.1, 0.15) is 49.7 Å². The summed E-state index contributed by atoms with van der Waals surface area (Å²) in [5.41, 5.74) is 2.32. The maximum atomic E-state index is 12.6. The van der Waals surface area contributed by atoms with E-state index in [1.165, 1.54) is 12.0 Å². The normalized spacial score (nSPS) is 18.4. The Morgan fingerprint density at radius 3 is 2.41 bits per heavy atom. The second-order valence-electron chi connectivity index (χ2n) is 7.84. The number of hydrogen-bond donors (Lipinski definition) is 0. The van der Waals surface area contributed by atoms with E-state index < -0.39 is 0 Å². The Kier molecular flexibility index (Phi) is 6.75. The van der Waals surface area contributed by atoms with Crippen LogP contribution in [0.5, 0.6) is 5.75 Å². The Morgan fingerprint density at radius 2 is 1.70 bits per heavy atom. The summed E-state index contributed by atoms with van der Waals surface area (Å²) in [6.45, 7) is 7.69. The van der Waals surface area contributed by atoms with Gasteiger partial charge in [-0.1, -0.05) is 12.1 Å². The Morgan fingerprint density at radius 1 is 1.00 bits per heavy atom. The van der Waals surface area contributed by atoms with Crippen molar-refractivity contribution in [2.24, 2.45) is 5.92 Å². The van der Waals surface area contributed by atoms with Gasteiger partial charge in [0.2, 0.25) is 11.8 Å². The second kappa shape index (κ2) is 9.25. The van der Waals surface area contributed by atoms with Crippen LogP contribution in [0.25, 0.3) is 0 Å². The van der Waals surface area contributed by atoms with Crippen LogP contribution in [0, 0.1) is 19.8 Å². The molecule has 0 aliphatic carbocycles. The van der Waals surface area contributed by atoms with Crippen molar-refractivity contribution >= 4 is 11.8 Å². The summed E-state index contributed by atoms with van der Waals surface area (Å²) in [7, 11) is 0. The molecule has 1 aromatic rings. The minimum Gasteiger partial charge on any atom is -0.493 e. The number of ether oxygens (including phenoxy) is 1. The van der Waals surface area contributed by atoms with E-state index in [4.69, 9.17) is 4.74 Å². The molecule has 2 aliphatic heterocycles. The van der Waals surface area contributed by atoms with Gasteiger partial charge in [-0.15, -0.1) is 0 Å². The van der Waals surface area contributed by atoms with Crippen molar-refractivity contribution in [2.45, 2.75) is 52.4 Å². The van der Waals surface area contributed by atoms with Gasteiger partial charge in [0.25, 0.3) is 0 Å².